The van der Waals surface area contributed by atoms with Crippen LogP contribution in [-0.4, -0.2) is 163 Å². The molecule has 83 heavy (non-hydrogen) atoms. The summed E-state index contributed by atoms with van der Waals surface area (Å²) in [5.41, 5.74) is 0.0399. The van der Waals surface area contributed by atoms with Crippen LogP contribution in [0.2, 0.25) is 0 Å². The van der Waals surface area contributed by atoms with E-state index in [1.165, 1.54) is 188 Å². The van der Waals surface area contributed by atoms with Crippen molar-refractivity contribution >= 4 is 46.8 Å². The van der Waals surface area contributed by atoms with Crippen molar-refractivity contribution in [1.29, 1.82) is 0 Å². The molecule has 0 aliphatic rings. The molecule has 0 aliphatic carbocycles. The number of aliphatic hydroxyl groups excluding tert-OH is 4. The van der Waals surface area contributed by atoms with E-state index < -0.39 is 35.1 Å². The first kappa shape index (κ1) is 83.5. The number of quaternary nitrogens is 2. The van der Waals surface area contributed by atoms with Crippen LogP contribution in [0.3, 0.4) is 0 Å². The maximum atomic E-state index is 12.4. The van der Waals surface area contributed by atoms with Crippen molar-refractivity contribution in [3.05, 3.63) is 57.6 Å². The summed E-state index contributed by atoms with van der Waals surface area (Å²) in [6, 6.07) is 5.88. The van der Waals surface area contributed by atoms with E-state index in [-0.39, 0.29) is 91.0 Å². The zero-order valence-corrected chi connectivity index (χ0v) is 56.0. The molecular weight excluding hydrogens is 1100 g/mol. The molecule has 16 nitrogen and oxygen atoms in total. The van der Waals surface area contributed by atoms with Gasteiger partial charge >= 0.3 is 0 Å². The average molecular weight is 1220 g/mol. The lowest BCUT2D eigenvalue weighted by atomic mass is 9.84. The largest absolute Gasteiger partial charge is 0.871 e. The second kappa shape index (κ2) is 49.4. The maximum Gasteiger partial charge on any atom is 0.250 e. The van der Waals surface area contributed by atoms with Gasteiger partial charge in [-0.1, -0.05) is 160 Å². The lowest BCUT2D eigenvalue weighted by Crippen LogP contribution is -2.50. The van der Waals surface area contributed by atoms with E-state index in [0.29, 0.717) is 11.1 Å². The van der Waals surface area contributed by atoms with Crippen molar-refractivity contribution < 1.29 is 58.8 Å². The second-order valence-electron chi connectivity index (χ2n) is 23.6. The van der Waals surface area contributed by atoms with Crippen molar-refractivity contribution in [2.45, 2.75) is 210 Å². The molecule has 2 aromatic carbocycles. The van der Waals surface area contributed by atoms with Gasteiger partial charge in [0.2, 0.25) is 0 Å². The first-order valence-corrected chi connectivity index (χ1v) is 32.5. The summed E-state index contributed by atoms with van der Waals surface area (Å²) in [5, 5.41) is 69.8. The Labute approximate surface area is 514 Å². The van der Waals surface area contributed by atoms with E-state index in [9.17, 15) is 29.4 Å². The van der Waals surface area contributed by atoms with Crippen molar-refractivity contribution in [3.8, 4) is 11.5 Å². The first-order valence-electron chi connectivity index (χ1n) is 31.4. The van der Waals surface area contributed by atoms with Gasteiger partial charge in [-0.2, -0.15) is 0 Å². The Bertz CT molecular complexity index is 1720. The summed E-state index contributed by atoms with van der Waals surface area (Å²) in [6.45, 7) is 40.5. The minimum absolute atomic E-state index is 0.0179. The summed E-state index contributed by atoms with van der Waals surface area (Å²) >= 11 is 9.53. The van der Waals surface area contributed by atoms with Gasteiger partial charge in [0.1, 0.15) is 0 Å². The van der Waals surface area contributed by atoms with Gasteiger partial charge in [0.15, 0.2) is 0 Å². The van der Waals surface area contributed by atoms with Gasteiger partial charge in [0.05, 0.1) is 84.1 Å². The molecule has 0 aromatic heterocycles. The van der Waals surface area contributed by atoms with Gasteiger partial charge in [-0.05, 0) is 97.6 Å². The number of rotatable bonds is 36. The SMILES string of the molecule is CC(C)(C)c1cc(C(=O)NCCO)c([O-])c(C(=O)NCCO)c1.CC(C)(C)c1cc(C(=O)NCCO)c([O-])c(C(=O)NCCO)c1.CCCC[N+](CCCC)(CCCC)CCCC.CCCC[N+](CCCC)(CCCC)CCCC.ClCCl. The maximum absolute atomic E-state index is 12.4. The predicted octanol–water partition coefficient (Wildman–Crippen LogP) is 10.4. The van der Waals surface area contributed by atoms with Crippen LogP contribution in [0.4, 0.5) is 0 Å². The fourth-order valence-electron chi connectivity index (χ4n) is 9.15. The van der Waals surface area contributed by atoms with Crippen LogP contribution in [0.1, 0.15) is 252 Å². The van der Waals surface area contributed by atoms with E-state index in [4.69, 9.17) is 43.6 Å². The molecule has 2 rings (SSSR count). The molecular formula is C65H120Cl2N6O10. The molecule has 4 amide bonds. The van der Waals surface area contributed by atoms with Crippen LogP contribution in [0.5, 0.6) is 11.5 Å². The fourth-order valence-corrected chi connectivity index (χ4v) is 9.15. The lowest BCUT2D eigenvalue weighted by molar-refractivity contribution is -0.929. The van der Waals surface area contributed by atoms with Crippen LogP contribution in [0.15, 0.2) is 24.3 Å². The van der Waals surface area contributed by atoms with E-state index in [2.05, 4.69) is 76.7 Å². The Morgan fingerprint density at radius 2 is 0.542 bits per heavy atom. The number of hydrogen-bond donors (Lipinski definition) is 8. The molecule has 8 N–H and O–H groups in total. The van der Waals surface area contributed by atoms with E-state index in [1.54, 1.807) is 0 Å². The quantitative estimate of drug-likeness (QED) is 0.0237. The minimum Gasteiger partial charge on any atom is -0.871 e. The highest BCUT2D eigenvalue weighted by atomic mass is 35.5. The molecule has 484 valence electrons. The van der Waals surface area contributed by atoms with Crippen molar-refractivity contribution in [1.82, 2.24) is 21.3 Å². The molecule has 0 aliphatic heterocycles. The molecule has 0 fully saturated rings. The van der Waals surface area contributed by atoms with Crippen molar-refractivity contribution in [3.63, 3.8) is 0 Å². The Kier molecular flexibility index (Phi) is 49.7. The number of amides is 4. The molecule has 0 bridgehead atoms. The predicted molar refractivity (Wildman–Crippen MR) is 342 cm³/mol. The third-order valence-corrected chi connectivity index (χ3v) is 14.4. The van der Waals surface area contributed by atoms with E-state index in [0.717, 1.165) is 0 Å². The summed E-state index contributed by atoms with van der Waals surface area (Å²) < 4.78 is 2.84. The number of carbonyl (C=O) groups excluding carboxylic acids is 4. The molecule has 0 spiro atoms. The Morgan fingerprint density at radius 1 is 0.386 bits per heavy atom. The first-order chi connectivity index (χ1) is 39.3. The zero-order valence-electron chi connectivity index (χ0n) is 54.5. The number of unbranched alkanes of at least 4 members (excludes halogenated alkanes) is 8. The molecule has 0 radical (unpaired) electrons. The Balaban J connectivity index is -0.00000102. The number of carbonyl (C=O) groups is 4. The van der Waals surface area contributed by atoms with Gasteiger partial charge < -0.3 is 60.9 Å². The van der Waals surface area contributed by atoms with E-state index >= 15 is 0 Å². The number of aliphatic hydroxyl groups is 4. The summed E-state index contributed by atoms with van der Waals surface area (Å²) in [6.07, 6.45) is 22.1. The summed E-state index contributed by atoms with van der Waals surface area (Å²) in [5.74, 6) is -3.89. The molecule has 0 saturated carbocycles. The third kappa shape index (κ3) is 36.1. The molecule has 18 heteroatoms. The highest BCUT2D eigenvalue weighted by Crippen LogP contribution is 2.31. The fraction of sp³-hybridized carbons (Fsp3) is 0.754. The average Bonchev–Trinajstić information content (AvgIpc) is 3.48. The molecule has 2 aromatic rings. The number of nitrogens with one attached hydrogen (secondary N) is 4. The molecule has 0 unspecified atom stereocenters. The molecule has 0 heterocycles. The Hall–Kier alpha value is -3.74. The van der Waals surface area contributed by atoms with Crippen molar-refractivity contribution in [2.75, 3.05) is 110 Å². The van der Waals surface area contributed by atoms with Crippen LogP contribution in [-0.2, 0) is 10.8 Å². The number of nitrogens with zero attached hydrogens (tertiary/aromatic N) is 2. The van der Waals surface area contributed by atoms with Crippen LogP contribution < -0.4 is 31.5 Å². The second-order valence-corrected chi connectivity index (χ2v) is 24.4. The van der Waals surface area contributed by atoms with Gasteiger partial charge in [-0.15, -0.1) is 23.2 Å². The Morgan fingerprint density at radius 3 is 0.663 bits per heavy atom. The number of benzene rings is 2. The molecule has 0 saturated heterocycles. The smallest absolute Gasteiger partial charge is 0.250 e. The van der Waals surface area contributed by atoms with Crippen molar-refractivity contribution in [2.24, 2.45) is 0 Å². The number of halogens is 2. The summed E-state index contributed by atoms with van der Waals surface area (Å²) in [4.78, 5) is 48.4. The number of alkyl halides is 2. The zero-order chi connectivity index (χ0) is 63.9. The van der Waals surface area contributed by atoms with Gasteiger partial charge in [0.25, 0.3) is 23.6 Å². The van der Waals surface area contributed by atoms with Crippen LogP contribution in [0.25, 0.3) is 0 Å². The lowest BCUT2D eigenvalue weighted by Gasteiger charge is -2.39. The highest BCUT2D eigenvalue weighted by Gasteiger charge is 2.27. The van der Waals surface area contributed by atoms with Gasteiger partial charge in [-0.3, -0.25) is 19.2 Å². The standard InChI is InChI=1S/2C16H24N2O5.2C16H36N.CH2Cl2/c2*1-16(2,3)10-8-11(14(22)17-4-6-19)13(21)12(9-10)15(23)18-5-7-20;2*1-5-9-13-17(14-10-6-2,15-11-7-3)16-12-8-4;2-1-3/h2*8-9,19-21H,4-7H2,1-3H3,(H,17,22)(H,18,23);2*5-16H2,1-4H3;1H2/q;;2*+1;/p-2. The highest BCUT2D eigenvalue weighted by molar-refractivity contribution is 6.40. The van der Waals surface area contributed by atoms with E-state index in [1.807, 2.05) is 41.5 Å². The number of hydrogen-bond acceptors (Lipinski definition) is 10. The summed E-state index contributed by atoms with van der Waals surface area (Å²) in [7, 11) is 0. The monoisotopic (exact) mass is 1210 g/mol. The normalized spacial score (nSPS) is 11.3. The third-order valence-electron chi connectivity index (χ3n) is 14.4. The van der Waals surface area contributed by atoms with Crippen LogP contribution >= 0.6 is 23.2 Å². The van der Waals surface area contributed by atoms with Gasteiger partial charge in [0, 0.05) is 48.4 Å². The van der Waals surface area contributed by atoms with Gasteiger partial charge in [-0.25, -0.2) is 0 Å². The van der Waals surface area contributed by atoms with Crippen LogP contribution in [0, 0.1) is 0 Å². The topological polar surface area (TPSA) is 243 Å². The molecule has 0 atom stereocenters. The minimum atomic E-state index is -0.677.